The molecule has 0 N–H and O–H groups in total. The topological polar surface area (TPSA) is 18.5 Å². The average Bonchev–Trinajstić information content (AvgIpc) is 2.30. The molecule has 1 atom stereocenters. The summed E-state index contributed by atoms with van der Waals surface area (Å²) in [6.45, 7) is 8.59. The molecule has 0 aromatic heterocycles. The van der Waals surface area contributed by atoms with Gasteiger partial charge in [0.1, 0.15) is 0 Å². The lowest BCUT2D eigenvalue weighted by Gasteiger charge is -2.29. The van der Waals surface area contributed by atoms with E-state index in [1.807, 2.05) is 6.92 Å². The maximum Gasteiger partial charge on any atom is 0.0708 e. The summed E-state index contributed by atoms with van der Waals surface area (Å²) < 4.78 is 13.3. The van der Waals surface area contributed by atoms with E-state index in [0.29, 0.717) is 13.2 Å². The summed E-state index contributed by atoms with van der Waals surface area (Å²) in [7, 11) is 0. The van der Waals surface area contributed by atoms with Gasteiger partial charge in [0.2, 0.25) is 0 Å². The molecule has 1 unspecified atom stereocenters. The van der Waals surface area contributed by atoms with Crippen LogP contribution in [0.2, 0.25) is 0 Å². The fraction of sp³-hybridized carbons (Fsp3) is 0.846. The molecule has 3 heteroatoms. The maximum absolute atomic E-state index is 5.96. The molecule has 2 nitrogen and oxygen atoms in total. The molecular formula is C13H25IO2. The summed E-state index contributed by atoms with van der Waals surface area (Å²) in [5, 5.41) is 0. The lowest BCUT2D eigenvalue weighted by molar-refractivity contribution is -0.0595. The molecule has 0 radical (unpaired) electrons. The van der Waals surface area contributed by atoms with Crippen LogP contribution in [0.25, 0.3) is 0 Å². The van der Waals surface area contributed by atoms with Crippen LogP contribution >= 0.6 is 22.6 Å². The van der Waals surface area contributed by atoms with Crippen LogP contribution in [0.3, 0.4) is 0 Å². The highest BCUT2D eigenvalue weighted by molar-refractivity contribution is 14.1. The van der Waals surface area contributed by atoms with Crippen molar-refractivity contribution < 1.29 is 9.47 Å². The molecule has 0 saturated heterocycles. The molecule has 0 aliphatic heterocycles. The van der Waals surface area contributed by atoms with Crippen LogP contribution in [0.4, 0.5) is 0 Å². The van der Waals surface area contributed by atoms with Crippen LogP contribution in [0.5, 0.6) is 0 Å². The van der Waals surface area contributed by atoms with Gasteiger partial charge in [0.05, 0.1) is 18.8 Å². The first-order chi connectivity index (χ1) is 7.68. The number of halogens is 1. The first kappa shape index (κ1) is 16.4. The third-order valence-electron chi connectivity index (χ3n) is 2.58. The zero-order chi connectivity index (χ0) is 12.3. The van der Waals surface area contributed by atoms with Gasteiger partial charge in [-0.15, -0.1) is 0 Å². The minimum atomic E-state index is -0.0191. The molecule has 0 aromatic rings. The Bertz CT molecular complexity index is 183. The van der Waals surface area contributed by atoms with Crippen LogP contribution in [0, 0.1) is 0 Å². The Labute approximate surface area is 114 Å². The van der Waals surface area contributed by atoms with Crippen molar-refractivity contribution in [2.45, 2.75) is 52.1 Å². The van der Waals surface area contributed by atoms with Crippen molar-refractivity contribution in [2.75, 3.05) is 19.8 Å². The standard InChI is InChI=1S/C13H25IO2/c1-4-6-8-13(3,9-7-10-14)16-12-11-15-5-2/h7,10H,4-6,8-9,11-12H2,1-3H3/b10-7+. The molecule has 0 rings (SSSR count). The van der Waals surface area contributed by atoms with Crippen molar-refractivity contribution in [3.8, 4) is 0 Å². The predicted octanol–water partition coefficient (Wildman–Crippen LogP) is 4.33. The maximum atomic E-state index is 5.96. The second-order valence-corrected chi connectivity index (χ2v) is 4.88. The zero-order valence-corrected chi connectivity index (χ0v) is 13.0. The molecule has 96 valence electrons. The second-order valence-electron chi connectivity index (χ2n) is 4.16. The molecule has 0 aliphatic carbocycles. The summed E-state index contributed by atoms with van der Waals surface area (Å²) in [6.07, 6.45) is 6.73. The van der Waals surface area contributed by atoms with Gasteiger partial charge >= 0.3 is 0 Å². The molecule has 16 heavy (non-hydrogen) atoms. The molecule has 0 amide bonds. The molecule has 0 bridgehead atoms. The number of ether oxygens (including phenoxy) is 2. The van der Waals surface area contributed by atoms with Gasteiger partial charge in [-0.3, -0.25) is 0 Å². The lowest BCUT2D eigenvalue weighted by atomic mass is 9.95. The average molecular weight is 340 g/mol. The molecule has 0 heterocycles. The molecule has 0 spiro atoms. The van der Waals surface area contributed by atoms with Gasteiger partial charge in [-0.1, -0.05) is 48.4 Å². The van der Waals surface area contributed by atoms with E-state index < -0.39 is 0 Å². The van der Waals surface area contributed by atoms with Gasteiger partial charge in [0.25, 0.3) is 0 Å². The van der Waals surface area contributed by atoms with Crippen molar-refractivity contribution in [1.82, 2.24) is 0 Å². The van der Waals surface area contributed by atoms with Crippen molar-refractivity contribution in [3.05, 3.63) is 10.2 Å². The van der Waals surface area contributed by atoms with E-state index in [1.165, 1.54) is 12.8 Å². The van der Waals surface area contributed by atoms with Gasteiger partial charge < -0.3 is 9.47 Å². The third-order valence-corrected chi connectivity index (χ3v) is 3.09. The summed E-state index contributed by atoms with van der Waals surface area (Å²) in [4.78, 5) is 0. The van der Waals surface area contributed by atoms with Crippen LogP contribution in [-0.4, -0.2) is 25.4 Å². The highest BCUT2D eigenvalue weighted by atomic mass is 127. The van der Waals surface area contributed by atoms with E-state index in [-0.39, 0.29) is 5.60 Å². The Hall–Kier alpha value is 0.390. The Morgan fingerprint density at radius 3 is 2.56 bits per heavy atom. The number of rotatable bonds is 10. The molecule has 0 aromatic carbocycles. The highest BCUT2D eigenvalue weighted by Crippen LogP contribution is 2.23. The van der Waals surface area contributed by atoms with Gasteiger partial charge in [-0.05, 0) is 30.8 Å². The van der Waals surface area contributed by atoms with E-state index in [0.717, 1.165) is 19.4 Å². The van der Waals surface area contributed by atoms with Gasteiger partial charge in [0.15, 0.2) is 0 Å². The predicted molar refractivity (Wildman–Crippen MR) is 78.2 cm³/mol. The van der Waals surface area contributed by atoms with E-state index in [1.54, 1.807) is 0 Å². The van der Waals surface area contributed by atoms with Crippen molar-refractivity contribution in [3.63, 3.8) is 0 Å². The first-order valence-electron chi connectivity index (χ1n) is 6.15. The number of hydrogen-bond acceptors (Lipinski definition) is 2. The normalized spacial score (nSPS) is 15.5. The highest BCUT2D eigenvalue weighted by Gasteiger charge is 2.22. The molecule has 0 aliphatic rings. The summed E-state index contributed by atoms with van der Waals surface area (Å²) in [5.74, 6) is 0. The molecular weight excluding hydrogens is 315 g/mol. The van der Waals surface area contributed by atoms with Crippen LogP contribution in [0.1, 0.15) is 46.5 Å². The second kappa shape index (κ2) is 10.5. The molecule has 0 saturated carbocycles. The minimum absolute atomic E-state index is 0.0191. The van der Waals surface area contributed by atoms with Gasteiger partial charge in [-0.2, -0.15) is 0 Å². The number of hydrogen-bond donors (Lipinski definition) is 0. The quantitative estimate of drug-likeness (QED) is 0.435. The summed E-state index contributed by atoms with van der Waals surface area (Å²) >= 11 is 2.26. The lowest BCUT2D eigenvalue weighted by Crippen LogP contribution is -2.29. The Kier molecular flexibility index (Phi) is 10.8. The SMILES string of the molecule is CCCCC(C)(C/C=C/I)OCCOCC. The Morgan fingerprint density at radius 2 is 2.00 bits per heavy atom. The van der Waals surface area contributed by atoms with Gasteiger partial charge in [-0.25, -0.2) is 0 Å². The van der Waals surface area contributed by atoms with E-state index >= 15 is 0 Å². The zero-order valence-electron chi connectivity index (χ0n) is 10.8. The largest absolute Gasteiger partial charge is 0.379 e. The van der Waals surface area contributed by atoms with E-state index in [9.17, 15) is 0 Å². The van der Waals surface area contributed by atoms with Crippen molar-refractivity contribution in [1.29, 1.82) is 0 Å². The monoisotopic (exact) mass is 340 g/mol. The fourth-order valence-electron chi connectivity index (χ4n) is 1.57. The van der Waals surface area contributed by atoms with E-state index in [4.69, 9.17) is 9.47 Å². The van der Waals surface area contributed by atoms with Crippen LogP contribution in [0.15, 0.2) is 10.2 Å². The Morgan fingerprint density at radius 1 is 1.25 bits per heavy atom. The third kappa shape index (κ3) is 8.53. The van der Waals surface area contributed by atoms with Crippen molar-refractivity contribution in [2.24, 2.45) is 0 Å². The van der Waals surface area contributed by atoms with Crippen molar-refractivity contribution >= 4 is 22.6 Å². The summed E-state index contributed by atoms with van der Waals surface area (Å²) in [5.41, 5.74) is -0.0191. The van der Waals surface area contributed by atoms with Crippen LogP contribution < -0.4 is 0 Å². The summed E-state index contributed by atoms with van der Waals surface area (Å²) in [6, 6.07) is 0. The fourth-order valence-corrected chi connectivity index (χ4v) is 1.82. The molecule has 0 fully saturated rings. The van der Waals surface area contributed by atoms with Gasteiger partial charge in [0, 0.05) is 6.61 Å². The Balaban J connectivity index is 3.96. The first-order valence-corrected chi connectivity index (χ1v) is 7.40. The smallest absolute Gasteiger partial charge is 0.0708 e. The van der Waals surface area contributed by atoms with Crippen LogP contribution in [-0.2, 0) is 9.47 Å². The minimum Gasteiger partial charge on any atom is -0.379 e. The van der Waals surface area contributed by atoms with E-state index in [2.05, 4.69) is 46.6 Å². The number of unbranched alkanes of at least 4 members (excludes halogenated alkanes) is 1.